The minimum atomic E-state index is -0.282. The van der Waals surface area contributed by atoms with Gasteiger partial charge in [0, 0.05) is 22.9 Å². The fraction of sp³-hybridized carbons (Fsp3) is 0.133. The average Bonchev–Trinajstić information content (AvgIpc) is 2.66. The highest BCUT2D eigenvalue weighted by Crippen LogP contribution is 2.39. The van der Waals surface area contributed by atoms with Gasteiger partial charge in [0.25, 0.3) is 0 Å². The number of ketones is 1. The van der Waals surface area contributed by atoms with Crippen LogP contribution in [0, 0.1) is 5.82 Å². The molecular formula is C15H10ClFO. The Morgan fingerprint density at radius 2 is 2.00 bits per heavy atom. The molecule has 0 fully saturated rings. The molecule has 18 heavy (non-hydrogen) atoms. The van der Waals surface area contributed by atoms with Crippen molar-refractivity contribution in [2.75, 3.05) is 0 Å². The van der Waals surface area contributed by atoms with E-state index in [1.165, 1.54) is 12.1 Å². The molecule has 3 heteroatoms. The SMILES string of the molecule is O=C1C[C@H](c2cccc(F)c2)c2cc(Cl)ccc21. The number of halogens is 2. The molecule has 0 N–H and O–H groups in total. The van der Waals surface area contributed by atoms with Crippen LogP contribution in [0.5, 0.6) is 0 Å². The van der Waals surface area contributed by atoms with Crippen LogP contribution < -0.4 is 0 Å². The van der Waals surface area contributed by atoms with Crippen molar-refractivity contribution >= 4 is 17.4 Å². The van der Waals surface area contributed by atoms with Gasteiger partial charge in [0.1, 0.15) is 5.82 Å². The number of carbonyl (C=O) groups excluding carboxylic acids is 1. The molecule has 0 amide bonds. The van der Waals surface area contributed by atoms with Crippen LogP contribution in [0.4, 0.5) is 4.39 Å². The zero-order valence-corrected chi connectivity index (χ0v) is 10.2. The number of hydrogen-bond donors (Lipinski definition) is 0. The zero-order valence-electron chi connectivity index (χ0n) is 9.49. The minimum Gasteiger partial charge on any atom is -0.294 e. The van der Waals surface area contributed by atoms with E-state index in [0.717, 1.165) is 11.1 Å². The normalized spacial score (nSPS) is 17.9. The number of Topliss-reactive ketones (excluding diaryl/α,β-unsaturated/α-hetero) is 1. The van der Waals surface area contributed by atoms with Crippen molar-refractivity contribution in [2.24, 2.45) is 0 Å². The smallest absolute Gasteiger partial charge is 0.164 e. The van der Waals surface area contributed by atoms with Crippen LogP contribution >= 0.6 is 11.6 Å². The van der Waals surface area contributed by atoms with Crippen LogP contribution in [-0.4, -0.2) is 5.78 Å². The van der Waals surface area contributed by atoms with E-state index in [-0.39, 0.29) is 17.5 Å². The molecule has 0 unspecified atom stereocenters. The number of benzene rings is 2. The number of rotatable bonds is 1. The van der Waals surface area contributed by atoms with Crippen molar-refractivity contribution in [1.29, 1.82) is 0 Å². The highest BCUT2D eigenvalue weighted by Gasteiger charge is 2.30. The third-order valence-corrected chi connectivity index (χ3v) is 3.57. The lowest BCUT2D eigenvalue weighted by molar-refractivity contribution is 0.0991. The molecule has 2 aromatic rings. The number of fused-ring (bicyclic) bond motifs is 1. The molecule has 0 saturated carbocycles. The van der Waals surface area contributed by atoms with Gasteiger partial charge in [0.2, 0.25) is 0 Å². The molecule has 0 aliphatic heterocycles. The van der Waals surface area contributed by atoms with Gasteiger partial charge in [0.15, 0.2) is 5.78 Å². The summed E-state index contributed by atoms with van der Waals surface area (Å²) in [5, 5.41) is 0.602. The van der Waals surface area contributed by atoms with E-state index < -0.39 is 0 Å². The van der Waals surface area contributed by atoms with E-state index in [0.29, 0.717) is 17.0 Å². The molecular weight excluding hydrogens is 251 g/mol. The predicted octanol–water partition coefficient (Wildman–Crippen LogP) is 4.20. The van der Waals surface area contributed by atoms with E-state index in [4.69, 9.17) is 11.6 Å². The first-order valence-electron chi connectivity index (χ1n) is 5.73. The van der Waals surface area contributed by atoms with E-state index in [1.54, 1.807) is 24.3 Å². The van der Waals surface area contributed by atoms with E-state index in [1.807, 2.05) is 6.07 Å². The summed E-state index contributed by atoms with van der Waals surface area (Å²) in [5.41, 5.74) is 2.43. The van der Waals surface area contributed by atoms with Crippen molar-refractivity contribution in [1.82, 2.24) is 0 Å². The lowest BCUT2D eigenvalue weighted by atomic mass is 9.93. The molecule has 3 rings (SSSR count). The van der Waals surface area contributed by atoms with Gasteiger partial charge in [-0.1, -0.05) is 23.7 Å². The molecule has 0 aromatic heterocycles. The Morgan fingerprint density at radius 3 is 2.78 bits per heavy atom. The summed E-state index contributed by atoms with van der Waals surface area (Å²) in [5.74, 6) is -0.270. The molecule has 1 atom stereocenters. The highest BCUT2D eigenvalue weighted by molar-refractivity contribution is 6.30. The van der Waals surface area contributed by atoms with Gasteiger partial charge in [-0.15, -0.1) is 0 Å². The van der Waals surface area contributed by atoms with Gasteiger partial charge in [-0.25, -0.2) is 4.39 Å². The topological polar surface area (TPSA) is 17.1 Å². The van der Waals surface area contributed by atoms with Crippen molar-refractivity contribution in [3.05, 3.63) is 70.0 Å². The van der Waals surface area contributed by atoms with Crippen molar-refractivity contribution in [3.8, 4) is 0 Å². The summed E-state index contributed by atoms with van der Waals surface area (Å²) in [6.45, 7) is 0. The van der Waals surface area contributed by atoms with Crippen LogP contribution in [0.15, 0.2) is 42.5 Å². The Balaban J connectivity index is 2.12. The predicted molar refractivity (Wildman–Crippen MR) is 68.6 cm³/mol. The first kappa shape index (κ1) is 11.4. The van der Waals surface area contributed by atoms with Gasteiger partial charge in [-0.05, 0) is 41.5 Å². The summed E-state index contributed by atoms with van der Waals surface area (Å²) in [6.07, 6.45) is 0.388. The van der Waals surface area contributed by atoms with Crippen LogP contribution in [0.25, 0.3) is 0 Å². The molecule has 1 aliphatic carbocycles. The van der Waals surface area contributed by atoms with E-state index in [2.05, 4.69) is 0 Å². The zero-order chi connectivity index (χ0) is 12.7. The Morgan fingerprint density at radius 1 is 1.17 bits per heavy atom. The van der Waals surface area contributed by atoms with E-state index in [9.17, 15) is 9.18 Å². The fourth-order valence-electron chi connectivity index (χ4n) is 2.50. The summed E-state index contributed by atoms with van der Waals surface area (Å²) in [6, 6.07) is 11.7. The third kappa shape index (κ3) is 1.83. The van der Waals surface area contributed by atoms with Crippen LogP contribution in [0.2, 0.25) is 5.02 Å². The van der Waals surface area contributed by atoms with Crippen LogP contribution in [-0.2, 0) is 0 Å². The van der Waals surface area contributed by atoms with Crippen LogP contribution in [0.1, 0.15) is 33.8 Å². The first-order chi connectivity index (χ1) is 8.65. The summed E-state index contributed by atoms with van der Waals surface area (Å²) < 4.78 is 13.3. The standard InChI is InChI=1S/C15H10ClFO/c16-10-4-5-12-14(7-10)13(8-15(12)18)9-2-1-3-11(17)6-9/h1-7,13H,8H2/t13-/m1/s1. The molecule has 0 radical (unpaired) electrons. The number of carbonyl (C=O) groups is 1. The summed E-state index contributed by atoms with van der Waals surface area (Å²) >= 11 is 5.97. The molecule has 0 saturated heterocycles. The maximum Gasteiger partial charge on any atom is 0.164 e. The maximum atomic E-state index is 13.3. The Bertz CT molecular complexity index is 636. The molecule has 0 heterocycles. The molecule has 1 aliphatic rings. The molecule has 1 nitrogen and oxygen atoms in total. The van der Waals surface area contributed by atoms with E-state index >= 15 is 0 Å². The average molecular weight is 261 g/mol. The lowest BCUT2D eigenvalue weighted by Crippen LogP contribution is -1.97. The molecule has 90 valence electrons. The molecule has 0 spiro atoms. The molecule has 0 bridgehead atoms. The third-order valence-electron chi connectivity index (χ3n) is 3.33. The van der Waals surface area contributed by atoms with Crippen molar-refractivity contribution in [3.63, 3.8) is 0 Å². The second-order valence-corrected chi connectivity index (χ2v) is 4.90. The Hall–Kier alpha value is -1.67. The maximum absolute atomic E-state index is 13.3. The Kier molecular flexibility index (Phi) is 2.67. The van der Waals surface area contributed by atoms with Gasteiger partial charge in [0.05, 0.1) is 0 Å². The summed E-state index contributed by atoms with van der Waals surface area (Å²) in [4.78, 5) is 11.9. The molecule has 2 aromatic carbocycles. The van der Waals surface area contributed by atoms with Gasteiger partial charge in [-0.3, -0.25) is 4.79 Å². The van der Waals surface area contributed by atoms with Gasteiger partial charge < -0.3 is 0 Å². The quantitative estimate of drug-likeness (QED) is 0.751. The second-order valence-electron chi connectivity index (χ2n) is 4.47. The largest absolute Gasteiger partial charge is 0.294 e. The Labute approximate surface area is 109 Å². The summed E-state index contributed by atoms with van der Waals surface area (Å²) in [7, 11) is 0. The monoisotopic (exact) mass is 260 g/mol. The highest BCUT2D eigenvalue weighted by atomic mass is 35.5. The fourth-order valence-corrected chi connectivity index (χ4v) is 2.68. The van der Waals surface area contributed by atoms with Gasteiger partial charge >= 0.3 is 0 Å². The van der Waals surface area contributed by atoms with Crippen molar-refractivity contribution < 1.29 is 9.18 Å². The van der Waals surface area contributed by atoms with Crippen molar-refractivity contribution in [2.45, 2.75) is 12.3 Å². The first-order valence-corrected chi connectivity index (χ1v) is 6.11. The van der Waals surface area contributed by atoms with Gasteiger partial charge in [-0.2, -0.15) is 0 Å². The number of hydrogen-bond acceptors (Lipinski definition) is 1. The second kappa shape index (κ2) is 4.21. The minimum absolute atomic E-state index is 0.0816. The van der Waals surface area contributed by atoms with Crippen LogP contribution in [0.3, 0.4) is 0 Å². The lowest BCUT2D eigenvalue weighted by Gasteiger charge is -2.11.